The summed E-state index contributed by atoms with van der Waals surface area (Å²) >= 11 is 0. The van der Waals surface area contributed by atoms with Crippen molar-refractivity contribution in [1.82, 2.24) is 4.98 Å². The van der Waals surface area contributed by atoms with E-state index < -0.39 is 17.7 Å². The standard InChI is InChI=1S/C19H14F3N/c1-2-12-3-5-13(6-4-12)14-7-9-15(10-8-14)16-11-17(20)19(22)23-18(16)21/h3-11H,2H2,1H3. The number of rotatable bonds is 3. The van der Waals surface area contributed by atoms with Gasteiger partial charge in [0, 0.05) is 5.56 Å². The molecule has 4 heteroatoms. The molecule has 1 aromatic heterocycles. The van der Waals surface area contributed by atoms with E-state index in [1.807, 2.05) is 24.3 Å². The summed E-state index contributed by atoms with van der Waals surface area (Å²) < 4.78 is 39.9. The molecule has 0 N–H and O–H groups in total. The van der Waals surface area contributed by atoms with Gasteiger partial charge in [-0.15, -0.1) is 0 Å². The third-order valence-electron chi connectivity index (χ3n) is 3.78. The topological polar surface area (TPSA) is 12.9 Å². The van der Waals surface area contributed by atoms with E-state index in [-0.39, 0.29) is 5.56 Å². The molecule has 0 aliphatic heterocycles. The van der Waals surface area contributed by atoms with E-state index in [1.54, 1.807) is 12.1 Å². The Balaban J connectivity index is 1.94. The predicted octanol–water partition coefficient (Wildman–Crippen LogP) is 5.40. The van der Waals surface area contributed by atoms with E-state index in [4.69, 9.17) is 0 Å². The van der Waals surface area contributed by atoms with Crippen LogP contribution in [-0.2, 0) is 6.42 Å². The summed E-state index contributed by atoms with van der Waals surface area (Å²) in [6.07, 6.45) is 0.974. The van der Waals surface area contributed by atoms with Crippen molar-refractivity contribution in [2.24, 2.45) is 0 Å². The summed E-state index contributed by atoms with van der Waals surface area (Å²) in [5.74, 6) is -3.62. The minimum absolute atomic E-state index is 0.0585. The van der Waals surface area contributed by atoms with Crippen molar-refractivity contribution in [2.75, 3.05) is 0 Å². The normalized spacial score (nSPS) is 10.8. The van der Waals surface area contributed by atoms with E-state index >= 15 is 0 Å². The Labute approximate surface area is 132 Å². The lowest BCUT2D eigenvalue weighted by atomic mass is 10.00. The monoisotopic (exact) mass is 313 g/mol. The van der Waals surface area contributed by atoms with Gasteiger partial charge in [-0.1, -0.05) is 55.5 Å². The molecule has 0 aliphatic rings. The quantitative estimate of drug-likeness (QED) is 0.590. The molecule has 0 saturated carbocycles. The van der Waals surface area contributed by atoms with E-state index in [2.05, 4.69) is 24.0 Å². The molecule has 0 radical (unpaired) electrons. The van der Waals surface area contributed by atoms with Crippen LogP contribution in [0.1, 0.15) is 12.5 Å². The molecule has 0 atom stereocenters. The third kappa shape index (κ3) is 3.11. The van der Waals surface area contributed by atoms with Gasteiger partial charge in [0.15, 0.2) is 5.82 Å². The first-order chi connectivity index (χ1) is 11.1. The molecule has 2 aromatic carbocycles. The summed E-state index contributed by atoms with van der Waals surface area (Å²) in [6, 6.07) is 15.9. The summed E-state index contributed by atoms with van der Waals surface area (Å²) in [7, 11) is 0. The number of aryl methyl sites for hydroxylation is 1. The van der Waals surface area contributed by atoms with E-state index in [0.29, 0.717) is 5.56 Å². The van der Waals surface area contributed by atoms with Crippen LogP contribution in [0.25, 0.3) is 22.3 Å². The minimum atomic E-state index is -1.43. The molecule has 0 spiro atoms. The molecule has 0 unspecified atom stereocenters. The van der Waals surface area contributed by atoms with Gasteiger partial charge in [-0.05, 0) is 34.7 Å². The lowest BCUT2D eigenvalue weighted by Crippen LogP contribution is -1.96. The molecule has 1 nitrogen and oxygen atoms in total. The number of benzene rings is 2. The minimum Gasteiger partial charge on any atom is -0.202 e. The summed E-state index contributed by atoms with van der Waals surface area (Å²) in [5.41, 5.74) is 3.64. The molecule has 0 aliphatic carbocycles. The fourth-order valence-corrected chi connectivity index (χ4v) is 2.42. The summed E-state index contributed by atoms with van der Waals surface area (Å²) in [5, 5.41) is 0. The molecule has 116 valence electrons. The Kier molecular flexibility index (Phi) is 4.15. The highest BCUT2D eigenvalue weighted by Gasteiger charge is 2.13. The molecule has 3 aromatic rings. The van der Waals surface area contributed by atoms with Crippen molar-refractivity contribution in [1.29, 1.82) is 0 Å². The van der Waals surface area contributed by atoms with Crippen molar-refractivity contribution in [2.45, 2.75) is 13.3 Å². The molecule has 0 amide bonds. The van der Waals surface area contributed by atoms with Gasteiger partial charge in [-0.25, -0.2) is 4.39 Å². The highest BCUT2D eigenvalue weighted by atomic mass is 19.2. The van der Waals surface area contributed by atoms with Crippen LogP contribution in [0.3, 0.4) is 0 Å². The Morgan fingerprint density at radius 3 is 1.83 bits per heavy atom. The maximum atomic E-state index is 13.7. The molecule has 3 rings (SSSR count). The predicted molar refractivity (Wildman–Crippen MR) is 84.4 cm³/mol. The highest BCUT2D eigenvalue weighted by molar-refractivity contribution is 5.70. The van der Waals surface area contributed by atoms with Crippen molar-refractivity contribution in [3.05, 3.63) is 77.9 Å². The van der Waals surface area contributed by atoms with Crippen LogP contribution in [0, 0.1) is 17.7 Å². The van der Waals surface area contributed by atoms with Crippen LogP contribution in [0.15, 0.2) is 54.6 Å². The smallest absolute Gasteiger partial charge is 0.202 e. The van der Waals surface area contributed by atoms with E-state index in [1.165, 1.54) is 5.56 Å². The second kappa shape index (κ2) is 6.24. The van der Waals surface area contributed by atoms with Crippen LogP contribution >= 0.6 is 0 Å². The maximum absolute atomic E-state index is 13.7. The van der Waals surface area contributed by atoms with Gasteiger partial charge in [0.25, 0.3) is 5.95 Å². The lowest BCUT2D eigenvalue weighted by molar-refractivity contribution is 0.449. The summed E-state index contributed by atoms with van der Waals surface area (Å²) in [4.78, 5) is 2.94. The molecular weight excluding hydrogens is 299 g/mol. The first kappa shape index (κ1) is 15.3. The zero-order valence-electron chi connectivity index (χ0n) is 12.5. The first-order valence-electron chi connectivity index (χ1n) is 7.29. The van der Waals surface area contributed by atoms with Crippen LogP contribution in [0.5, 0.6) is 0 Å². The first-order valence-corrected chi connectivity index (χ1v) is 7.29. The maximum Gasteiger partial charge on any atom is 0.251 e. The Morgan fingerprint density at radius 2 is 1.26 bits per heavy atom. The fraction of sp³-hybridized carbons (Fsp3) is 0.105. The summed E-state index contributed by atoms with van der Waals surface area (Å²) in [6.45, 7) is 2.09. The lowest BCUT2D eigenvalue weighted by Gasteiger charge is -2.07. The fourth-order valence-electron chi connectivity index (χ4n) is 2.42. The van der Waals surface area contributed by atoms with Crippen molar-refractivity contribution >= 4 is 0 Å². The van der Waals surface area contributed by atoms with E-state index in [9.17, 15) is 13.2 Å². The molecule has 23 heavy (non-hydrogen) atoms. The number of halogens is 3. The zero-order chi connectivity index (χ0) is 16.4. The van der Waals surface area contributed by atoms with E-state index in [0.717, 1.165) is 23.6 Å². The number of hydrogen-bond acceptors (Lipinski definition) is 1. The van der Waals surface area contributed by atoms with Gasteiger partial charge in [-0.3, -0.25) is 0 Å². The van der Waals surface area contributed by atoms with Gasteiger partial charge in [-0.2, -0.15) is 13.8 Å². The molecule has 0 saturated heterocycles. The zero-order valence-corrected chi connectivity index (χ0v) is 12.5. The van der Waals surface area contributed by atoms with Crippen molar-refractivity contribution < 1.29 is 13.2 Å². The van der Waals surface area contributed by atoms with Gasteiger partial charge in [0.2, 0.25) is 5.95 Å². The van der Waals surface area contributed by atoms with Crippen LogP contribution in [-0.4, -0.2) is 4.98 Å². The Hall–Kier alpha value is -2.62. The number of nitrogens with zero attached hydrogens (tertiary/aromatic N) is 1. The van der Waals surface area contributed by atoms with Crippen LogP contribution < -0.4 is 0 Å². The largest absolute Gasteiger partial charge is 0.251 e. The Morgan fingerprint density at radius 1 is 0.739 bits per heavy atom. The third-order valence-corrected chi connectivity index (χ3v) is 3.78. The van der Waals surface area contributed by atoms with Crippen LogP contribution in [0.2, 0.25) is 0 Å². The SMILES string of the molecule is CCc1ccc(-c2ccc(-c3cc(F)c(F)nc3F)cc2)cc1. The number of hydrogen-bond donors (Lipinski definition) is 0. The Bertz CT molecular complexity index is 824. The number of pyridine rings is 1. The van der Waals surface area contributed by atoms with Gasteiger partial charge in [0.05, 0.1) is 0 Å². The van der Waals surface area contributed by atoms with Crippen molar-refractivity contribution in [3.8, 4) is 22.3 Å². The van der Waals surface area contributed by atoms with Gasteiger partial charge < -0.3 is 0 Å². The number of aromatic nitrogens is 1. The average Bonchev–Trinajstić information content (AvgIpc) is 2.58. The molecule has 0 bridgehead atoms. The second-order valence-corrected chi connectivity index (χ2v) is 5.23. The average molecular weight is 313 g/mol. The highest BCUT2D eigenvalue weighted by Crippen LogP contribution is 2.27. The van der Waals surface area contributed by atoms with Gasteiger partial charge >= 0.3 is 0 Å². The molecular formula is C19H14F3N. The van der Waals surface area contributed by atoms with Crippen molar-refractivity contribution in [3.63, 3.8) is 0 Å². The molecule has 0 fully saturated rings. The van der Waals surface area contributed by atoms with Gasteiger partial charge in [0.1, 0.15) is 0 Å². The second-order valence-electron chi connectivity index (χ2n) is 5.23. The molecule has 1 heterocycles. The van der Waals surface area contributed by atoms with Crippen LogP contribution in [0.4, 0.5) is 13.2 Å².